The largest absolute Gasteiger partial charge is 0.443 e. The lowest BCUT2D eigenvalue weighted by Gasteiger charge is -2.36. The molecule has 2 saturated heterocycles. The fourth-order valence-corrected chi connectivity index (χ4v) is 4.17. The molecule has 8 heteroatoms. The van der Waals surface area contributed by atoms with Crippen molar-refractivity contribution in [3.63, 3.8) is 0 Å². The highest BCUT2D eigenvalue weighted by molar-refractivity contribution is 14.0. The number of nitrogens with zero attached hydrogens (tertiary/aromatic N) is 4. The lowest BCUT2D eigenvalue weighted by molar-refractivity contribution is -0.0502. The molecule has 2 aliphatic rings. The normalized spacial score (nSPS) is 22.2. The molecule has 2 atom stereocenters. The minimum absolute atomic E-state index is 0. The van der Waals surface area contributed by atoms with Crippen molar-refractivity contribution in [1.82, 2.24) is 20.1 Å². The highest BCUT2D eigenvalue weighted by atomic mass is 127. The first-order chi connectivity index (χ1) is 14.4. The lowest BCUT2D eigenvalue weighted by Crippen LogP contribution is -2.50. The third kappa shape index (κ3) is 5.78. The number of hydrogen-bond acceptors (Lipinski definition) is 5. The van der Waals surface area contributed by atoms with Crippen molar-refractivity contribution in [2.75, 3.05) is 33.3 Å². The van der Waals surface area contributed by atoms with Gasteiger partial charge >= 0.3 is 0 Å². The number of ether oxygens (including phenoxy) is 1. The molecule has 0 amide bonds. The Labute approximate surface area is 202 Å². The van der Waals surface area contributed by atoms with Gasteiger partial charge in [-0.3, -0.25) is 9.89 Å². The molecule has 0 spiro atoms. The van der Waals surface area contributed by atoms with Crippen LogP contribution in [0.15, 0.2) is 45.9 Å². The number of morpholine rings is 1. The number of aromatic nitrogens is 1. The summed E-state index contributed by atoms with van der Waals surface area (Å²) >= 11 is 0. The second-order valence-electron chi connectivity index (χ2n) is 9.11. The Balaban J connectivity index is 0.00000272. The van der Waals surface area contributed by atoms with Crippen LogP contribution in [0.1, 0.15) is 38.0 Å². The summed E-state index contributed by atoms with van der Waals surface area (Å²) in [5, 5.41) is 3.41. The molecule has 2 unspecified atom stereocenters. The van der Waals surface area contributed by atoms with Crippen molar-refractivity contribution >= 4 is 29.9 Å². The van der Waals surface area contributed by atoms with E-state index in [0.29, 0.717) is 18.5 Å². The molecule has 170 valence electrons. The fourth-order valence-electron chi connectivity index (χ4n) is 4.17. The molecule has 31 heavy (non-hydrogen) atoms. The van der Waals surface area contributed by atoms with E-state index in [0.717, 1.165) is 44.5 Å². The standard InChI is InChI=1S/C23H33N5O2.HI/c1-23(2,3)20-12-25-21(30-20)13-26-22(24-4)28-15-18-19(16-28)29-11-10-27(18)14-17-8-6-5-7-9-17;/h5-9,12,18-19H,10-11,13-16H2,1-4H3,(H,24,26);1H. The first-order valence-corrected chi connectivity index (χ1v) is 10.7. The predicted octanol–water partition coefficient (Wildman–Crippen LogP) is 3.25. The first-order valence-electron chi connectivity index (χ1n) is 10.7. The molecule has 0 bridgehead atoms. The number of likely N-dealkylation sites (tertiary alicyclic amines) is 1. The van der Waals surface area contributed by atoms with Crippen LogP contribution in [0, 0.1) is 0 Å². The van der Waals surface area contributed by atoms with Gasteiger partial charge in [-0.05, 0) is 5.56 Å². The summed E-state index contributed by atoms with van der Waals surface area (Å²) in [6.45, 7) is 11.3. The van der Waals surface area contributed by atoms with E-state index in [1.807, 2.05) is 13.2 Å². The molecule has 2 fully saturated rings. The van der Waals surface area contributed by atoms with E-state index in [1.165, 1.54) is 5.56 Å². The van der Waals surface area contributed by atoms with E-state index in [4.69, 9.17) is 9.15 Å². The molecular weight excluding hydrogens is 505 g/mol. The van der Waals surface area contributed by atoms with Gasteiger partial charge in [0.05, 0.1) is 31.5 Å². The molecular formula is C23H34IN5O2. The maximum atomic E-state index is 6.10. The van der Waals surface area contributed by atoms with Crippen molar-refractivity contribution in [1.29, 1.82) is 0 Å². The van der Waals surface area contributed by atoms with E-state index in [2.05, 4.69) is 76.2 Å². The minimum atomic E-state index is -0.0445. The van der Waals surface area contributed by atoms with Gasteiger partial charge in [0.1, 0.15) is 5.76 Å². The van der Waals surface area contributed by atoms with Gasteiger partial charge < -0.3 is 19.4 Å². The zero-order valence-corrected chi connectivity index (χ0v) is 21.2. The average Bonchev–Trinajstić information content (AvgIpc) is 3.37. The highest BCUT2D eigenvalue weighted by Gasteiger charge is 2.41. The van der Waals surface area contributed by atoms with Crippen LogP contribution in [-0.4, -0.2) is 66.2 Å². The molecule has 7 nitrogen and oxygen atoms in total. The Morgan fingerprint density at radius 3 is 2.68 bits per heavy atom. The van der Waals surface area contributed by atoms with Crippen LogP contribution in [0.4, 0.5) is 0 Å². The topological polar surface area (TPSA) is 66.1 Å². The summed E-state index contributed by atoms with van der Waals surface area (Å²) < 4.78 is 12.0. The van der Waals surface area contributed by atoms with E-state index in [1.54, 1.807) is 0 Å². The first kappa shape index (κ1) is 24.0. The third-order valence-electron chi connectivity index (χ3n) is 5.85. The van der Waals surface area contributed by atoms with Crippen molar-refractivity contribution in [2.45, 2.75) is 51.4 Å². The van der Waals surface area contributed by atoms with E-state index < -0.39 is 0 Å². The Bertz CT molecular complexity index is 864. The maximum Gasteiger partial charge on any atom is 0.213 e. The van der Waals surface area contributed by atoms with E-state index >= 15 is 0 Å². The molecule has 0 aliphatic carbocycles. The number of fused-ring (bicyclic) bond motifs is 1. The van der Waals surface area contributed by atoms with Crippen molar-refractivity contribution in [3.05, 3.63) is 53.7 Å². The average molecular weight is 539 g/mol. The summed E-state index contributed by atoms with van der Waals surface area (Å²) in [6, 6.07) is 11.0. The predicted molar refractivity (Wildman–Crippen MR) is 133 cm³/mol. The lowest BCUT2D eigenvalue weighted by atomic mass is 9.94. The number of oxazole rings is 1. The van der Waals surface area contributed by atoms with Gasteiger partial charge in [0, 0.05) is 38.6 Å². The van der Waals surface area contributed by atoms with Gasteiger partial charge in [0.25, 0.3) is 0 Å². The van der Waals surface area contributed by atoms with Gasteiger partial charge in [-0.25, -0.2) is 4.98 Å². The second kappa shape index (κ2) is 10.3. The number of guanidine groups is 1. The molecule has 2 aliphatic heterocycles. The highest BCUT2D eigenvalue weighted by Crippen LogP contribution is 2.25. The quantitative estimate of drug-likeness (QED) is 0.366. The zero-order valence-electron chi connectivity index (χ0n) is 18.9. The summed E-state index contributed by atoms with van der Waals surface area (Å²) in [4.78, 5) is 13.7. The number of aliphatic imine (C=N–C) groups is 1. The molecule has 1 aromatic heterocycles. The second-order valence-corrected chi connectivity index (χ2v) is 9.11. The molecule has 4 rings (SSSR count). The van der Waals surface area contributed by atoms with Crippen LogP contribution >= 0.6 is 24.0 Å². The van der Waals surface area contributed by atoms with Crippen LogP contribution in [0.2, 0.25) is 0 Å². The van der Waals surface area contributed by atoms with Crippen molar-refractivity contribution in [3.8, 4) is 0 Å². The van der Waals surface area contributed by atoms with Crippen LogP contribution in [0.3, 0.4) is 0 Å². The molecule has 0 saturated carbocycles. The monoisotopic (exact) mass is 539 g/mol. The summed E-state index contributed by atoms with van der Waals surface area (Å²) in [6.07, 6.45) is 2.02. The Morgan fingerprint density at radius 1 is 1.23 bits per heavy atom. The van der Waals surface area contributed by atoms with Crippen LogP contribution in [0.5, 0.6) is 0 Å². The SMILES string of the molecule is CN=C(NCc1ncc(C(C)(C)C)o1)N1CC2OCCN(Cc3ccccc3)C2C1.I. The van der Waals surface area contributed by atoms with Crippen LogP contribution < -0.4 is 5.32 Å². The van der Waals surface area contributed by atoms with Crippen molar-refractivity contribution in [2.24, 2.45) is 4.99 Å². The van der Waals surface area contributed by atoms with Crippen LogP contribution in [-0.2, 0) is 23.2 Å². The number of halogens is 1. The molecule has 3 heterocycles. The van der Waals surface area contributed by atoms with Gasteiger partial charge in [-0.1, -0.05) is 51.1 Å². The van der Waals surface area contributed by atoms with E-state index in [9.17, 15) is 0 Å². The molecule has 1 N–H and O–H groups in total. The zero-order chi connectivity index (χ0) is 21.1. The Morgan fingerprint density at radius 2 is 2.00 bits per heavy atom. The third-order valence-corrected chi connectivity index (χ3v) is 5.85. The van der Waals surface area contributed by atoms with Gasteiger partial charge in [0.2, 0.25) is 5.89 Å². The van der Waals surface area contributed by atoms with Gasteiger partial charge in [0.15, 0.2) is 5.96 Å². The smallest absolute Gasteiger partial charge is 0.213 e. The number of nitrogens with one attached hydrogen (secondary N) is 1. The number of hydrogen-bond donors (Lipinski definition) is 1. The van der Waals surface area contributed by atoms with Crippen LogP contribution in [0.25, 0.3) is 0 Å². The fraction of sp³-hybridized carbons (Fsp3) is 0.565. The summed E-state index contributed by atoms with van der Waals surface area (Å²) in [7, 11) is 1.82. The molecule has 1 aromatic carbocycles. The van der Waals surface area contributed by atoms with Gasteiger partial charge in [-0.2, -0.15) is 0 Å². The van der Waals surface area contributed by atoms with Crippen molar-refractivity contribution < 1.29 is 9.15 Å². The molecule has 0 radical (unpaired) electrons. The Hall–Kier alpha value is -1.65. The Kier molecular flexibility index (Phi) is 7.98. The minimum Gasteiger partial charge on any atom is -0.443 e. The van der Waals surface area contributed by atoms with Gasteiger partial charge in [-0.15, -0.1) is 24.0 Å². The number of benzene rings is 1. The maximum absolute atomic E-state index is 6.10. The number of rotatable bonds is 4. The summed E-state index contributed by atoms with van der Waals surface area (Å²) in [5.74, 6) is 2.44. The van der Waals surface area contributed by atoms with E-state index in [-0.39, 0.29) is 35.5 Å². The molecule has 2 aromatic rings. The summed E-state index contributed by atoms with van der Waals surface area (Å²) in [5.41, 5.74) is 1.30.